The fourth-order valence-corrected chi connectivity index (χ4v) is 3.84. The summed E-state index contributed by atoms with van der Waals surface area (Å²) >= 11 is 6.08. The van der Waals surface area contributed by atoms with Crippen LogP contribution < -0.4 is 4.74 Å². The quantitative estimate of drug-likeness (QED) is 0.550. The van der Waals surface area contributed by atoms with Gasteiger partial charge in [-0.2, -0.15) is 5.10 Å². The third-order valence-corrected chi connectivity index (χ3v) is 5.79. The molecule has 1 aliphatic rings. The van der Waals surface area contributed by atoms with E-state index in [1.165, 1.54) is 9.91 Å². The largest absolute Gasteiger partial charge is 0.497 e. The number of halogens is 1. The Morgan fingerprint density at radius 1 is 1.12 bits per heavy atom. The first-order valence-electron chi connectivity index (χ1n) is 10.9. The molecule has 0 saturated carbocycles. The number of carbonyl (C=O) groups excluding carboxylic acids is 2. The van der Waals surface area contributed by atoms with Gasteiger partial charge in [-0.15, -0.1) is 0 Å². The minimum absolute atomic E-state index is 0.0656. The average Bonchev–Trinajstić information content (AvgIpc) is 3.27. The minimum atomic E-state index is -0.287. The maximum absolute atomic E-state index is 13.4. The Balaban J connectivity index is 1.89. The summed E-state index contributed by atoms with van der Waals surface area (Å²) in [6.45, 7) is 4.27. The second-order valence-corrected chi connectivity index (χ2v) is 8.63. The van der Waals surface area contributed by atoms with Crippen molar-refractivity contribution in [3.63, 3.8) is 0 Å². The predicted molar refractivity (Wildman–Crippen MR) is 128 cm³/mol. The number of methoxy groups -OCH3 is 2. The van der Waals surface area contributed by atoms with Crippen LogP contribution in [0.1, 0.15) is 37.4 Å². The molecule has 2 aromatic rings. The lowest BCUT2D eigenvalue weighted by molar-refractivity contribution is -0.143. The second kappa shape index (κ2) is 11.3. The van der Waals surface area contributed by atoms with Gasteiger partial charge in [0.15, 0.2) is 0 Å². The van der Waals surface area contributed by atoms with Gasteiger partial charge in [-0.05, 0) is 47.5 Å². The maximum atomic E-state index is 13.4. The van der Waals surface area contributed by atoms with Gasteiger partial charge in [-0.3, -0.25) is 9.59 Å². The number of amides is 2. The third-order valence-electron chi connectivity index (χ3n) is 5.54. The van der Waals surface area contributed by atoms with Crippen molar-refractivity contribution >= 4 is 29.1 Å². The molecule has 0 aliphatic carbocycles. The summed E-state index contributed by atoms with van der Waals surface area (Å²) in [6, 6.07) is 14.7. The summed E-state index contributed by atoms with van der Waals surface area (Å²) in [7, 11) is 3.19. The monoisotopic (exact) mass is 471 g/mol. The minimum Gasteiger partial charge on any atom is -0.497 e. The van der Waals surface area contributed by atoms with Crippen molar-refractivity contribution in [1.29, 1.82) is 0 Å². The number of rotatable bonds is 9. The first-order valence-corrected chi connectivity index (χ1v) is 11.3. The molecule has 0 N–H and O–H groups in total. The van der Waals surface area contributed by atoms with Crippen LogP contribution in [-0.4, -0.2) is 61.4 Å². The molecule has 1 heterocycles. The van der Waals surface area contributed by atoms with E-state index < -0.39 is 0 Å². The molecule has 1 aliphatic heterocycles. The number of hydrazone groups is 1. The Morgan fingerprint density at radius 2 is 1.79 bits per heavy atom. The molecule has 0 fully saturated rings. The molecule has 1 atom stereocenters. The summed E-state index contributed by atoms with van der Waals surface area (Å²) < 4.78 is 10.4. The maximum Gasteiger partial charge on any atom is 0.262 e. The molecule has 0 spiro atoms. The van der Waals surface area contributed by atoms with E-state index in [1.54, 1.807) is 26.4 Å². The van der Waals surface area contributed by atoms with Gasteiger partial charge in [0.1, 0.15) is 12.3 Å². The van der Waals surface area contributed by atoms with E-state index in [1.807, 2.05) is 50.2 Å². The molecule has 0 saturated heterocycles. The first-order chi connectivity index (χ1) is 15.8. The fourth-order valence-electron chi connectivity index (χ4n) is 3.71. The highest BCUT2D eigenvalue weighted by Crippen LogP contribution is 2.34. The van der Waals surface area contributed by atoms with Crippen LogP contribution in [0.15, 0.2) is 53.6 Å². The van der Waals surface area contributed by atoms with E-state index in [0.29, 0.717) is 24.6 Å². The highest BCUT2D eigenvalue weighted by molar-refractivity contribution is 6.30. The van der Waals surface area contributed by atoms with E-state index in [9.17, 15) is 9.59 Å². The smallest absolute Gasteiger partial charge is 0.262 e. The first kappa shape index (κ1) is 24.7. The van der Waals surface area contributed by atoms with Crippen LogP contribution in [0.5, 0.6) is 5.75 Å². The van der Waals surface area contributed by atoms with Crippen LogP contribution in [0.25, 0.3) is 0 Å². The standard InChI is InChI=1S/C25H30ClN3O4/c1-17(2)25(31)28(13-14-32-3)16-24(30)29-23(19-5-9-20(26)10-6-19)15-22(27-29)18-7-11-21(33-4)12-8-18/h5-12,17,23H,13-16H2,1-4H3. The van der Waals surface area contributed by atoms with Gasteiger partial charge >= 0.3 is 0 Å². The van der Waals surface area contributed by atoms with E-state index in [2.05, 4.69) is 5.10 Å². The number of hydrogen-bond donors (Lipinski definition) is 0. The van der Waals surface area contributed by atoms with Crippen molar-refractivity contribution in [2.24, 2.45) is 11.0 Å². The van der Waals surface area contributed by atoms with Crippen LogP contribution in [0.4, 0.5) is 0 Å². The lowest BCUT2D eigenvalue weighted by atomic mass is 9.98. The zero-order valence-corrected chi connectivity index (χ0v) is 20.2. The van der Waals surface area contributed by atoms with Gasteiger partial charge in [-0.25, -0.2) is 5.01 Å². The van der Waals surface area contributed by atoms with Crippen LogP contribution in [0, 0.1) is 5.92 Å². The molecule has 2 amide bonds. The topological polar surface area (TPSA) is 71.4 Å². The Morgan fingerprint density at radius 3 is 2.36 bits per heavy atom. The summed E-state index contributed by atoms with van der Waals surface area (Å²) in [5.41, 5.74) is 2.64. The van der Waals surface area contributed by atoms with Gasteiger partial charge in [0.05, 0.1) is 25.5 Å². The lowest BCUT2D eigenvalue weighted by Gasteiger charge is -2.28. The predicted octanol–water partition coefficient (Wildman–Crippen LogP) is 4.16. The lowest BCUT2D eigenvalue weighted by Crippen LogP contribution is -2.44. The van der Waals surface area contributed by atoms with Crippen molar-refractivity contribution in [3.8, 4) is 5.75 Å². The molecule has 1 unspecified atom stereocenters. The van der Waals surface area contributed by atoms with Gasteiger partial charge in [0.25, 0.3) is 5.91 Å². The number of carbonyl (C=O) groups is 2. The van der Waals surface area contributed by atoms with Gasteiger partial charge in [-0.1, -0.05) is 37.6 Å². The zero-order valence-electron chi connectivity index (χ0n) is 19.5. The fraction of sp³-hybridized carbons (Fsp3) is 0.400. The summed E-state index contributed by atoms with van der Waals surface area (Å²) in [5, 5.41) is 6.81. The third kappa shape index (κ3) is 6.12. The van der Waals surface area contributed by atoms with Crippen molar-refractivity contribution < 1.29 is 19.1 Å². The summed E-state index contributed by atoms with van der Waals surface area (Å²) in [5.74, 6) is 0.185. The molecular weight excluding hydrogens is 442 g/mol. The highest BCUT2D eigenvalue weighted by Gasteiger charge is 2.34. The molecule has 0 radical (unpaired) electrons. The molecule has 176 valence electrons. The van der Waals surface area contributed by atoms with Gasteiger partial charge in [0, 0.05) is 31.0 Å². The van der Waals surface area contributed by atoms with E-state index >= 15 is 0 Å². The molecular formula is C25H30ClN3O4. The Kier molecular flexibility index (Phi) is 8.47. The van der Waals surface area contributed by atoms with Crippen molar-refractivity contribution in [3.05, 3.63) is 64.7 Å². The molecule has 3 rings (SSSR count). The Labute approximate surface area is 199 Å². The second-order valence-electron chi connectivity index (χ2n) is 8.19. The zero-order chi connectivity index (χ0) is 24.0. The molecule has 0 bridgehead atoms. The van der Waals surface area contributed by atoms with Crippen LogP contribution in [0.3, 0.4) is 0 Å². The van der Waals surface area contributed by atoms with Crippen molar-refractivity contribution in [2.75, 3.05) is 33.9 Å². The number of hydrogen-bond acceptors (Lipinski definition) is 5. The molecule has 8 heteroatoms. The number of benzene rings is 2. The normalized spacial score (nSPS) is 15.5. The van der Waals surface area contributed by atoms with Crippen LogP contribution in [0.2, 0.25) is 5.02 Å². The Bertz CT molecular complexity index is 990. The molecule has 2 aromatic carbocycles. The van der Waals surface area contributed by atoms with Crippen LogP contribution >= 0.6 is 11.6 Å². The van der Waals surface area contributed by atoms with E-state index in [4.69, 9.17) is 21.1 Å². The number of ether oxygens (including phenoxy) is 2. The molecule has 33 heavy (non-hydrogen) atoms. The van der Waals surface area contributed by atoms with E-state index in [-0.39, 0.29) is 30.3 Å². The average molecular weight is 472 g/mol. The molecule has 0 aromatic heterocycles. The highest BCUT2D eigenvalue weighted by atomic mass is 35.5. The molecule has 7 nitrogen and oxygen atoms in total. The number of nitrogens with zero attached hydrogens (tertiary/aromatic N) is 3. The summed E-state index contributed by atoms with van der Waals surface area (Å²) in [4.78, 5) is 27.6. The summed E-state index contributed by atoms with van der Waals surface area (Å²) in [6.07, 6.45) is 0.551. The van der Waals surface area contributed by atoms with Gasteiger partial charge in [0.2, 0.25) is 5.91 Å². The van der Waals surface area contributed by atoms with Crippen LogP contribution in [-0.2, 0) is 14.3 Å². The Hall–Kier alpha value is -2.90. The van der Waals surface area contributed by atoms with Gasteiger partial charge < -0.3 is 14.4 Å². The SMILES string of the molecule is COCCN(CC(=O)N1N=C(c2ccc(OC)cc2)CC1c1ccc(Cl)cc1)C(=O)C(C)C. The van der Waals surface area contributed by atoms with E-state index in [0.717, 1.165) is 22.6 Å². The van der Waals surface area contributed by atoms with Crippen molar-refractivity contribution in [1.82, 2.24) is 9.91 Å². The van der Waals surface area contributed by atoms with Crippen molar-refractivity contribution in [2.45, 2.75) is 26.3 Å².